The van der Waals surface area contributed by atoms with Crippen molar-refractivity contribution in [3.8, 4) is 0 Å². The summed E-state index contributed by atoms with van der Waals surface area (Å²) >= 11 is 3.02. The Morgan fingerprint density at radius 3 is 3.05 bits per heavy atom. The summed E-state index contributed by atoms with van der Waals surface area (Å²) in [5.74, 6) is 1.13. The number of nitrogens with one attached hydrogen (secondary N) is 1. The largest absolute Gasteiger partial charge is 0.346 e. The van der Waals surface area contributed by atoms with Crippen LogP contribution in [0.2, 0.25) is 0 Å². The van der Waals surface area contributed by atoms with Crippen LogP contribution in [-0.4, -0.2) is 31.4 Å². The number of hydrogen-bond donors (Lipinski definition) is 1. The van der Waals surface area contributed by atoms with Gasteiger partial charge in [0.15, 0.2) is 4.34 Å². The smallest absolute Gasteiger partial charge is 0.231 e. The molecule has 114 valence electrons. The molecule has 0 aliphatic heterocycles. The molecule has 1 atom stereocenters. The number of thiazole rings is 1. The van der Waals surface area contributed by atoms with Crippen LogP contribution in [0.1, 0.15) is 37.8 Å². The second kappa shape index (κ2) is 7.56. The Hall–Kier alpha value is -1.41. The van der Waals surface area contributed by atoms with Gasteiger partial charge >= 0.3 is 0 Å². The van der Waals surface area contributed by atoms with Crippen molar-refractivity contribution in [1.29, 1.82) is 0 Å². The van der Waals surface area contributed by atoms with E-state index in [0.29, 0.717) is 5.75 Å². The van der Waals surface area contributed by atoms with Crippen molar-refractivity contribution in [3.63, 3.8) is 0 Å². The average molecular weight is 325 g/mol. The summed E-state index contributed by atoms with van der Waals surface area (Å²) in [6, 6.07) is -0.148. The monoisotopic (exact) mass is 325 g/mol. The normalized spacial score (nSPS) is 12.3. The highest BCUT2D eigenvalue weighted by Crippen LogP contribution is 2.22. The van der Waals surface area contributed by atoms with E-state index < -0.39 is 0 Å². The van der Waals surface area contributed by atoms with E-state index >= 15 is 0 Å². The first kappa shape index (κ1) is 16.0. The molecule has 0 fully saturated rings. The first-order chi connectivity index (χ1) is 10.1. The highest BCUT2D eigenvalue weighted by atomic mass is 32.2. The van der Waals surface area contributed by atoms with E-state index in [1.165, 1.54) is 18.1 Å². The quantitative estimate of drug-likeness (QED) is 0.792. The number of aryl methyl sites for hydroxylation is 2. The van der Waals surface area contributed by atoms with Crippen LogP contribution in [0.5, 0.6) is 0 Å². The molecule has 2 aromatic heterocycles. The maximum atomic E-state index is 12.0. The molecule has 1 N–H and O–H groups in total. The highest BCUT2D eigenvalue weighted by molar-refractivity contribution is 8.01. The molecule has 0 unspecified atom stereocenters. The molecular weight excluding hydrogens is 306 g/mol. The molecule has 0 saturated carbocycles. The summed E-state index contributed by atoms with van der Waals surface area (Å²) in [5, 5.41) is 9.11. The molecule has 8 heteroatoms. The summed E-state index contributed by atoms with van der Waals surface area (Å²) in [6.07, 6.45) is 2.51. The number of amides is 1. The van der Waals surface area contributed by atoms with E-state index in [-0.39, 0.29) is 11.9 Å². The van der Waals surface area contributed by atoms with Gasteiger partial charge in [0, 0.05) is 17.6 Å². The Labute approximate surface area is 132 Å². The summed E-state index contributed by atoms with van der Waals surface area (Å²) < 4.78 is 2.76. The SMILES string of the molecule is CCCn1ncnc1[C@@H](C)NC(=O)CSc1nc(C)cs1. The molecule has 6 nitrogen and oxygen atoms in total. The van der Waals surface area contributed by atoms with Crippen molar-refractivity contribution in [2.24, 2.45) is 0 Å². The van der Waals surface area contributed by atoms with Crippen molar-refractivity contribution in [3.05, 3.63) is 23.2 Å². The lowest BCUT2D eigenvalue weighted by molar-refractivity contribution is -0.119. The fourth-order valence-electron chi connectivity index (χ4n) is 1.87. The lowest BCUT2D eigenvalue weighted by Gasteiger charge is -2.14. The van der Waals surface area contributed by atoms with Gasteiger partial charge in [-0.3, -0.25) is 4.79 Å². The molecule has 0 aliphatic rings. The van der Waals surface area contributed by atoms with Gasteiger partial charge in [0.2, 0.25) is 5.91 Å². The second-order valence-corrected chi connectivity index (χ2v) is 6.75. The zero-order valence-electron chi connectivity index (χ0n) is 12.4. The molecule has 2 heterocycles. The molecule has 0 bridgehead atoms. The minimum atomic E-state index is -0.148. The van der Waals surface area contributed by atoms with Gasteiger partial charge in [-0.1, -0.05) is 18.7 Å². The molecule has 0 spiro atoms. The van der Waals surface area contributed by atoms with E-state index in [0.717, 1.165) is 28.8 Å². The van der Waals surface area contributed by atoms with E-state index in [4.69, 9.17) is 0 Å². The number of hydrogen-bond acceptors (Lipinski definition) is 6. The zero-order valence-corrected chi connectivity index (χ0v) is 14.0. The first-order valence-corrected chi connectivity index (χ1v) is 8.68. The third-order valence-electron chi connectivity index (χ3n) is 2.77. The van der Waals surface area contributed by atoms with Gasteiger partial charge in [-0.05, 0) is 20.3 Å². The van der Waals surface area contributed by atoms with Gasteiger partial charge in [0.05, 0.1) is 11.8 Å². The lowest BCUT2D eigenvalue weighted by atomic mass is 10.3. The van der Waals surface area contributed by atoms with Crippen molar-refractivity contribution in [2.75, 3.05) is 5.75 Å². The Morgan fingerprint density at radius 2 is 2.38 bits per heavy atom. The lowest BCUT2D eigenvalue weighted by Crippen LogP contribution is -2.30. The molecule has 2 aromatic rings. The van der Waals surface area contributed by atoms with Gasteiger partial charge < -0.3 is 5.32 Å². The molecule has 21 heavy (non-hydrogen) atoms. The topological polar surface area (TPSA) is 72.7 Å². The number of carbonyl (C=O) groups is 1. The molecule has 0 aromatic carbocycles. The summed E-state index contributed by atoms with van der Waals surface area (Å²) in [4.78, 5) is 20.5. The predicted molar refractivity (Wildman–Crippen MR) is 84.4 cm³/mol. The van der Waals surface area contributed by atoms with Crippen LogP contribution in [0, 0.1) is 6.92 Å². The van der Waals surface area contributed by atoms with Gasteiger partial charge in [-0.25, -0.2) is 14.6 Å². The molecule has 0 saturated heterocycles. The van der Waals surface area contributed by atoms with Crippen molar-refractivity contribution >= 4 is 29.0 Å². The van der Waals surface area contributed by atoms with Crippen LogP contribution in [0.25, 0.3) is 0 Å². The standard InChI is InChI=1S/C13H19N5OS2/c1-4-5-18-12(14-8-15-18)10(3)17-11(19)7-21-13-16-9(2)6-20-13/h6,8,10H,4-5,7H2,1-3H3,(H,17,19)/t10-/m1/s1. The summed E-state index contributed by atoms with van der Waals surface area (Å²) in [6.45, 7) is 6.76. The number of carbonyl (C=O) groups excluding carboxylic acids is 1. The second-order valence-electron chi connectivity index (χ2n) is 4.67. The molecule has 0 radical (unpaired) electrons. The maximum absolute atomic E-state index is 12.0. The van der Waals surface area contributed by atoms with Gasteiger partial charge in [-0.2, -0.15) is 5.10 Å². The minimum absolute atomic E-state index is 0.0219. The first-order valence-electron chi connectivity index (χ1n) is 6.82. The van der Waals surface area contributed by atoms with Crippen molar-refractivity contribution < 1.29 is 4.79 Å². The fourth-order valence-corrected chi connectivity index (χ4v) is 3.53. The average Bonchev–Trinajstić information content (AvgIpc) is 3.06. The maximum Gasteiger partial charge on any atom is 0.231 e. The Morgan fingerprint density at radius 1 is 1.57 bits per heavy atom. The Balaban J connectivity index is 1.85. The van der Waals surface area contributed by atoms with Crippen LogP contribution in [0.4, 0.5) is 0 Å². The van der Waals surface area contributed by atoms with Crippen LogP contribution >= 0.6 is 23.1 Å². The summed E-state index contributed by atoms with van der Waals surface area (Å²) in [5.41, 5.74) is 0.990. The van der Waals surface area contributed by atoms with Crippen LogP contribution in [0.3, 0.4) is 0 Å². The van der Waals surface area contributed by atoms with Crippen LogP contribution < -0.4 is 5.32 Å². The molecule has 1 amide bonds. The number of nitrogens with zero attached hydrogens (tertiary/aromatic N) is 4. The fraction of sp³-hybridized carbons (Fsp3) is 0.538. The van der Waals surface area contributed by atoms with Crippen molar-refractivity contribution in [1.82, 2.24) is 25.1 Å². The summed E-state index contributed by atoms with van der Waals surface area (Å²) in [7, 11) is 0. The molecule has 0 aliphatic carbocycles. The third-order valence-corrected chi connectivity index (χ3v) is 4.91. The Bertz CT molecular complexity index is 595. The van der Waals surface area contributed by atoms with Gasteiger partial charge in [0.25, 0.3) is 0 Å². The van der Waals surface area contributed by atoms with Crippen LogP contribution in [-0.2, 0) is 11.3 Å². The van der Waals surface area contributed by atoms with Crippen molar-refractivity contribution in [2.45, 2.75) is 44.1 Å². The van der Waals surface area contributed by atoms with E-state index in [1.54, 1.807) is 11.3 Å². The molecular formula is C13H19N5OS2. The molecule has 2 rings (SSSR count). The Kier molecular flexibility index (Phi) is 5.75. The van der Waals surface area contributed by atoms with E-state index in [1.807, 2.05) is 23.9 Å². The number of rotatable bonds is 7. The van der Waals surface area contributed by atoms with E-state index in [9.17, 15) is 4.79 Å². The van der Waals surface area contributed by atoms with E-state index in [2.05, 4.69) is 27.3 Å². The zero-order chi connectivity index (χ0) is 15.2. The van der Waals surface area contributed by atoms with Gasteiger partial charge in [-0.15, -0.1) is 11.3 Å². The van der Waals surface area contributed by atoms with Crippen LogP contribution in [0.15, 0.2) is 16.0 Å². The number of thioether (sulfide) groups is 1. The third kappa shape index (κ3) is 4.53. The highest BCUT2D eigenvalue weighted by Gasteiger charge is 2.15. The van der Waals surface area contributed by atoms with Gasteiger partial charge in [0.1, 0.15) is 12.2 Å². The predicted octanol–water partition coefficient (Wildman–Crippen LogP) is 2.42. The minimum Gasteiger partial charge on any atom is -0.346 e. The number of aromatic nitrogens is 4.